The molecule has 0 spiro atoms. The van der Waals surface area contributed by atoms with Crippen LogP contribution in [0.15, 0.2) is 0 Å². The van der Waals surface area contributed by atoms with Crippen molar-refractivity contribution >= 4 is 14.8 Å². The molecule has 0 aliphatic rings. The topological polar surface area (TPSA) is 38.7 Å². The highest BCUT2D eigenvalue weighted by Gasteiger charge is 2.43. The van der Waals surface area contributed by atoms with E-state index in [1.54, 1.807) is 0 Å². The van der Waals surface area contributed by atoms with E-state index in [9.17, 15) is 5.02 Å². The first-order valence-electron chi connectivity index (χ1n) is 19.0. The Balaban J connectivity index is 4.76. The summed E-state index contributed by atoms with van der Waals surface area (Å²) < 4.78 is 12.6. The molecule has 0 heterocycles. The molecule has 0 aromatic heterocycles. The van der Waals surface area contributed by atoms with Crippen molar-refractivity contribution in [3.8, 4) is 0 Å². The van der Waals surface area contributed by atoms with E-state index < -0.39 is 14.8 Å². The Kier molecular flexibility index (Phi) is 33.6. The summed E-state index contributed by atoms with van der Waals surface area (Å²) in [5.41, 5.74) is 0. The van der Waals surface area contributed by atoms with E-state index in [0.29, 0.717) is 6.61 Å². The van der Waals surface area contributed by atoms with Crippen LogP contribution in [0, 0.1) is 0 Å². The van der Waals surface area contributed by atoms with Crippen LogP contribution in [0.4, 0.5) is 0 Å². The Hall–Kier alpha value is 0.375. The van der Waals surface area contributed by atoms with Gasteiger partial charge in [-0.15, -0.1) is 0 Å². The zero-order valence-corrected chi connectivity index (χ0v) is 29.8. The van der Waals surface area contributed by atoms with Crippen molar-refractivity contribution < 1.29 is 14.1 Å². The second kappa shape index (κ2) is 33.3. The molecule has 3 nitrogen and oxygen atoms in total. The van der Waals surface area contributed by atoms with Crippen molar-refractivity contribution in [2.24, 2.45) is 0 Å². The molecule has 41 heavy (non-hydrogen) atoms. The first-order valence-corrected chi connectivity index (χ1v) is 21.2. The monoisotopic (exact) mass is 600 g/mol. The average Bonchev–Trinajstić information content (AvgIpc) is 2.97. The van der Waals surface area contributed by atoms with Crippen LogP contribution in [0.5, 0.6) is 0 Å². The fourth-order valence-electron chi connectivity index (χ4n) is 6.03. The van der Waals surface area contributed by atoms with Crippen LogP contribution in [-0.2, 0) is 9.10 Å². The van der Waals surface area contributed by atoms with Crippen LogP contribution in [0.25, 0.3) is 0 Å². The van der Waals surface area contributed by atoms with Gasteiger partial charge in [-0.25, -0.2) is 4.44 Å². The van der Waals surface area contributed by atoms with Gasteiger partial charge in [0.2, 0.25) is 0 Å². The van der Waals surface area contributed by atoms with E-state index in [-0.39, 0.29) is 0 Å². The highest BCUT2D eigenvalue weighted by Crippen LogP contribution is 2.62. The molecule has 1 N–H and O–H groups in total. The Labute approximate surface area is 261 Å². The fourth-order valence-corrected chi connectivity index (χ4v) is 9.86. The van der Waals surface area contributed by atoms with E-state index in [1.807, 2.05) is 0 Å². The molecular formula is C36H77BO3P+. The minimum Gasteiger partial charge on any atom is -0.400 e. The van der Waals surface area contributed by atoms with Gasteiger partial charge in [0.15, 0.2) is 0 Å². The summed E-state index contributed by atoms with van der Waals surface area (Å²) in [5.74, 6) is 0. The molecule has 0 aromatic carbocycles. The molecule has 0 aromatic rings. The summed E-state index contributed by atoms with van der Waals surface area (Å²) in [5, 5.41) is 10.9. The summed E-state index contributed by atoms with van der Waals surface area (Å²) in [6.07, 6.45) is 40.6. The van der Waals surface area contributed by atoms with Gasteiger partial charge in [0, 0.05) is 6.61 Å². The summed E-state index contributed by atoms with van der Waals surface area (Å²) in [4.78, 5) is 0. The zero-order valence-electron chi connectivity index (χ0n) is 28.9. The summed E-state index contributed by atoms with van der Waals surface area (Å²) in [6.45, 7) is 9.79. The SMILES string of the molecule is CCCCCCCCCCCCOB(O)O[P+](CCCCCCCC)(CCCCCCCC)CCCCCCCC. The lowest BCUT2D eigenvalue weighted by atomic mass is 10.1. The second-order valence-corrected chi connectivity index (χ2v) is 16.7. The maximum Gasteiger partial charge on any atom is 0.673 e. The standard InChI is InChI=1S/C36H77BO3P/c1-5-9-13-17-21-22-23-24-25-29-33-39-37(38)40-41(34-30-26-18-14-10-6-2,35-31-27-19-15-11-7-3)36-32-28-20-16-12-8-4/h38H,5-36H2,1-4H3/q+1. The van der Waals surface area contributed by atoms with E-state index in [1.165, 1.54) is 192 Å². The van der Waals surface area contributed by atoms with Crippen molar-refractivity contribution in [1.82, 2.24) is 0 Å². The van der Waals surface area contributed by atoms with Crippen molar-refractivity contribution in [1.29, 1.82) is 0 Å². The first-order chi connectivity index (χ1) is 20.1. The Morgan fingerprint density at radius 3 is 0.976 bits per heavy atom. The highest BCUT2D eigenvalue weighted by atomic mass is 31.2. The molecule has 0 amide bonds. The molecule has 0 saturated heterocycles. The van der Waals surface area contributed by atoms with E-state index in [2.05, 4.69) is 27.7 Å². The van der Waals surface area contributed by atoms with Crippen LogP contribution in [0.1, 0.15) is 207 Å². The fraction of sp³-hybridized carbons (Fsp3) is 1.00. The predicted octanol–water partition coefficient (Wildman–Crippen LogP) is 12.9. The minimum absolute atomic E-state index is 0.628. The van der Waals surface area contributed by atoms with Crippen LogP contribution < -0.4 is 0 Å². The van der Waals surface area contributed by atoms with E-state index >= 15 is 0 Å². The average molecular weight is 600 g/mol. The van der Waals surface area contributed by atoms with Gasteiger partial charge in [0.1, 0.15) is 7.49 Å². The predicted molar refractivity (Wildman–Crippen MR) is 189 cm³/mol. The quantitative estimate of drug-likeness (QED) is 0.0447. The van der Waals surface area contributed by atoms with Crippen molar-refractivity contribution in [3.63, 3.8) is 0 Å². The largest absolute Gasteiger partial charge is 0.673 e. The van der Waals surface area contributed by atoms with Gasteiger partial charge >= 0.3 is 7.32 Å². The lowest BCUT2D eigenvalue weighted by molar-refractivity contribution is 0.192. The molecule has 0 aliphatic carbocycles. The summed E-state index contributed by atoms with van der Waals surface area (Å²) in [6, 6.07) is 0. The molecule has 0 unspecified atom stereocenters. The molecule has 0 radical (unpaired) electrons. The van der Waals surface area contributed by atoms with Crippen LogP contribution >= 0.6 is 7.49 Å². The van der Waals surface area contributed by atoms with Crippen molar-refractivity contribution in [2.75, 3.05) is 25.1 Å². The van der Waals surface area contributed by atoms with Gasteiger partial charge in [-0.1, -0.05) is 163 Å². The van der Waals surface area contributed by atoms with E-state index in [0.717, 1.165) is 6.42 Å². The summed E-state index contributed by atoms with van der Waals surface area (Å²) >= 11 is 0. The number of unbranched alkanes of at least 4 members (excludes halogenated alkanes) is 24. The molecule has 5 heteroatoms. The van der Waals surface area contributed by atoms with Gasteiger partial charge < -0.3 is 9.68 Å². The van der Waals surface area contributed by atoms with Crippen LogP contribution in [-0.4, -0.2) is 37.4 Å². The third-order valence-corrected chi connectivity index (χ3v) is 12.9. The molecule has 246 valence electrons. The van der Waals surface area contributed by atoms with Crippen LogP contribution in [0.2, 0.25) is 0 Å². The zero-order chi connectivity index (χ0) is 30.1. The number of hydrogen-bond donors (Lipinski definition) is 1. The maximum absolute atomic E-state index is 10.9. The summed E-state index contributed by atoms with van der Waals surface area (Å²) in [7, 11) is -2.70. The third-order valence-electron chi connectivity index (χ3n) is 8.83. The molecule has 0 atom stereocenters. The minimum atomic E-state index is -1.68. The third kappa shape index (κ3) is 28.9. The Morgan fingerprint density at radius 2 is 0.659 bits per heavy atom. The van der Waals surface area contributed by atoms with Gasteiger partial charge in [0.05, 0.1) is 18.5 Å². The number of hydrogen-bond acceptors (Lipinski definition) is 3. The maximum atomic E-state index is 10.9. The van der Waals surface area contributed by atoms with E-state index in [4.69, 9.17) is 9.10 Å². The Morgan fingerprint density at radius 1 is 0.390 bits per heavy atom. The lowest BCUT2D eigenvalue weighted by Crippen LogP contribution is -2.27. The highest BCUT2D eigenvalue weighted by molar-refractivity contribution is 7.72. The lowest BCUT2D eigenvalue weighted by Gasteiger charge is -2.27. The molecular weight excluding hydrogens is 522 g/mol. The molecule has 0 rings (SSSR count). The van der Waals surface area contributed by atoms with Crippen LogP contribution in [0.3, 0.4) is 0 Å². The van der Waals surface area contributed by atoms with Gasteiger partial charge in [-0.05, 0) is 44.9 Å². The van der Waals surface area contributed by atoms with Crippen molar-refractivity contribution in [3.05, 3.63) is 0 Å². The number of rotatable bonds is 35. The first kappa shape index (κ1) is 41.4. The Bertz CT molecular complexity index is 453. The van der Waals surface area contributed by atoms with Gasteiger partial charge in [-0.2, -0.15) is 0 Å². The molecule has 0 aliphatic heterocycles. The van der Waals surface area contributed by atoms with Crippen molar-refractivity contribution in [2.45, 2.75) is 207 Å². The van der Waals surface area contributed by atoms with Gasteiger partial charge in [0.25, 0.3) is 0 Å². The molecule has 0 fully saturated rings. The van der Waals surface area contributed by atoms with Gasteiger partial charge in [-0.3, -0.25) is 0 Å². The molecule has 0 bridgehead atoms. The normalized spacial score (nSPS) is 11.9. The smallest absolute Gasteiger partial charge is 0.400 e. The molecule has 0 saturated carbocycles. The second-order valence-electron chi connectivity index (χ2n) is 13.0.